The standard InChI is InChI=1S/C16H22ClN3/c1-5-18-10-11(2)16-12(3)19-20(13(16)4)15-8-6-14(17)7-9-15/h6-9,11,18H,5,10H2,1-4H3. The molecule has 0 amide bonds. The van der Waals surface area contributed by atoms with Gasteiger partial charge in [0, 0.05) is 22.8 Å². The summed E-state index contributed by atoms with van der Waals surface area (Å²) in [5, 5.41) is 8.83. The Labute approximate surface area is 126 Å². The SMILES string of the molecule is CCNCC(C)c1c(C)nn(-c2ccc(Cl)cc2)c1C. The smallest absolute Gasteiger partial charge is 0.0649 e. The van der Waals surface area contributed by atoms with Crippen LogP contribution in [0.5, 0.6) is 0 Å². The normalized spacial score (nSPS) is 12.7. The van der Waals surface area contributed by atoms with Gasteiger partial charge < -0.3 is 5.32 Å². The molecule has 0 fully saturated rings. The van der Waals surface area contributed by atoms with Gasteiger partial charge in [0.05, 0.1) is 11.4 Å². The van der Waals surface area contributed by atoms with Crippen molar-refractivity contribution < 1.29 is 0 Å². The van der Waals surface area contributed by atoms with Crippen molar-refractivity contribution in [3.63, 3.8) is 0 Å². The number of halogens is 1. The average Bonchev–Trinajstić information content (AvgIpc) is 2.72. The summed E-state index contributed by atoms with van der Waals surface area (Å²) in [5.74, 6) is 0.455. The highest BCUT2D eigenvalue weighted by atomic mass is 35.5. The fourth-order valence-electron chi connectivity index (χ4n) is 2.66. The van der Waals surface area contributed by atoms with E-state index in [0.717, 1.165) is 29.5 Å². The molecule has 1 aromatic heterocycles. The second-order valence-electron chi connectivity index (χ2n) is 5.18. The van der Waals surface area contributed by atoms with Crippen molar-refractivity contribution in [3.8, 4) is 5.69 Å². The number of nitrogens with zero attached hydrogens (tertiary/aromatic N) is 2. The van der Waals surface area contributed by atoms with Crippen molar-refractivity contribution in [2.75, 3.05) is 13.1 Å². The van der Waals surface area contributed by atoms with Gasteiger partial charge in [0.1, 0.15) is 0 Å². The maximum atomic E-state index is 5.95. The summed E-state index contributed by atoms with van der Waals surface area (Å²) in [4.78, 5) is 0. The lowest BCUT2D eigenvalue weighted by molar-refractivity contribution is 0.630. The van der Waals surface area contributed by atoms with Gasteiger partial charge in [-0.3, -0.25) is 0 Å². The maximum absolute atomic E-state index is 5.95. The van der Waals surface area contributed by atoms with Crippen LogP contribution in [-0.4, -0.2) is 22.9 Å². The van der Waals surface area contributed by atoms with Gasteiger partial charge in [0.15, 0.2) is 0 Å². The van der Waals surface area contributed by atoms with Gasteiger partial charge in [-0.05, 0) is 50.6 Å². The Morgan fingerprint density at radius 3 is 2.50 bits per heavy atom. The van der Waals surface area contributed by atoms with E-state index in [4.69, 9.17) is 11.6 Å². The van der Waals surface area contributed by atoms with Crippen LogP contribution < -0.4 is 5.32 Å². The first-order valence-corrected chi connectivity index (χ1v) is 7.45. The molecule has 2 rings (SSSR count). The first kappa shape index (κ1) is 15.1. The lowest BCUT2D eigenvalue weighted by Gasteiger charge is -2.13. The molecule has 0 aliphatic carbocycles. The van der Waals surface area contributed by atoms with E-state index in [1.165, 1.54) is 11.3 Å². The van der Waals surface area contributed by atoms with E-state index in [-0.39, 0.29) is 0 Å². The van der Waals surface area contributed by atoms with Crippen molar-refractivity contribution in [2.24, 2.45) is 0 Å². The first-order valence-electron chi connectivity index (χ1n) is 7.07. The zero-order chi connectivity index (χ0) is 14.7. The van der Waals surface area contributed by atoms with E-state index >= 15 is 0 Å². The number of rotatable bonds is 5. The van der Waals surface area contributed by atoms with Gasteiger partial charge in [-0.1, -0.05) is 25.4 Å². The number of likely N-dealkylation sites (N-methyl/N-ethyl adjacent to an activating group) is 1. The minimum atomic E-state index is 0.455. The van der Waals surface area contributed by atoms with Crippen LogP contribution in [0.3, 0.4) is 0 Å². The number of benzene rings is 1. The van der Waals surface area contributed by atoms with Gasteiger partial charge in [-0.15, -0.1) is 0 Å². The van der Waals surface area contributed by atoms with E-state index in [2.05, 4.69) is 38.1 Å². The molecule has 1 N–H and O–H groups in total. The van der Waals surface area contributed by atoms with E-state index in [0.29, 0.717) is 5.92 Å². The Bertz CT molecular complexity index is 572. The Morgan fingerprint density at radius 2 is 1.90 bits per heavy atom. The highest BCUT2D eigenvalue weighted by molar-refractivity contribution is 6.30. The molecule has 0 aliphatic heterocycles. The van der Waals surface area contributed by atoms with Crippen LogP contribution in [0, 0.1) is 13.8 Å². The summed E-state index contributed by atoms with van der Waals surface area (Å²) in [6.07, 6.45) is 0. The summed E-state index contributed by atoms with van der Waals surface area (Å²) in [5.41, 5.74) is 4.69. The summed E-state index contributed by atoms with van der Waals surface area (Å²) in [6, 6.07) is 7.80. The van der Waals surface area contributed by atoms with Crippen LogP contribution in [0.2, 0.25) is 5.02 Å². The zero-order valence-corrected chi connectivity index (χ0v) is 13.3. The largest absolute Gasteiger partial charge is 0.316 e. The molecular formula is C16H22ClN3. The fourth-order valence-corrected chi connectivity index (χ4v) is 2.79. The van der Waals surface area contributed by atoms with Crippen molar-refractivity contribution in [1.29, 1.82) is 0 Å². The van der Waals surface area contributed by atoms with Crippen molar-refractivity contribution >= 4 is 11.6 Å². The van der Waals surface area contributed by atoms with Crippen LogP contribution in [0.4, 0.5) is 0 Å². The van der Waals surface area contributed by atoms with Gasteiger partial charge in [-0.25, -0.2) is 4.68 Å². The van der Waals surface area contributed by atoms with Crippen LogP contribution in [-0.2, 0) is 0 Å². The predicted octanol–water partition coefficient (Wildman–Crippen LogP) is 3.86. The Balaban J connectivity index is 2.35. The topological polar surface area (TPSA) is 29.9 Å². The molecule has 4 heteroatoms. The van der Waals surface area contributed by atoms with Crippen molar-refractivity contribution in [2.45, 2.75) is 33.6 Å². The fraction of sp³-hybridized carbons (Fsp3) is 0.438. The number of aromatic nitrogens is 2. The average molecular weight is 292 g/mol. The molecule has 2 aromatic rings. The molecule has 1 atom stereocenters. The van der Waals surface area contributed by atoms with E-state index in [1.807, 2.05) is 28.9 Å². The van der Waals surface area contributed by atoms with Gasteiger partial charge in [0.2, 0.25) is 0 Å². The predicted molar refractivity (Wildman–Crippen MR) is 85.0 cm³/mol. The third-order valence-corrected chi connectivity index (χ3v) is 3.86. The van der Waals surface area contributed by atoms with E-state index in [1.54, 1.807) is 0 Å². The number of aryl methyl sites for hydroxylation is 1. The summed E-state index contributed by atoms with van der Waals surface area (Å²) >= 11 is 5.95. The zero-order valence-electron chi connectivity index (χ0n) is 12.6. The van der Waals surface area contributed by atoms with Crippen molar-refractivity contribution in [1.82, 2.24) is 15.1 Å². The Morgan fingerprint density at radius 1 is 1.25 bits per heavy atom. The van der Waals surface area contributed by atoms with E-state index in [9.17, 15) is 0 Å². The lowest BCUT2D eigenvalue weighted by Crippen LogP contribution is -2.20. The Hall–Kier alpha value is -1.32. The quantitative estimate of drug-likeness (QED) is 0.907. The molecule has 0 saturated heterocycles. The number of nitrogens with one attached hydrogen (secondary N) is 1. The molecule has 108 valence electrons. The maximum Gasteiger partial charge on any atom is 0.0649 e. The molecule has 0 radical (unpaired) electrons. The van der Waals surface area contributed by atoms with Gasteiger partial charge >= 0.3 is 0 Å². The van der Waals surface area contributed by atoms with Crippen LogP contribution >= 0.6 is 11.6 Å². The first-order chi connectivity index (χ1) is 9.54. The molecule has 0 spiro atoms. The molecule has 0 aliphatic rings. The molecule has 0 bridgehead atoms. The minimum absolute atomic E-state index is 0.455. The van der Waals surface area contributed by atoms with E-state index < -0.39 is 0 Å². The molecule has 0 saturated carbocycles. The second kappa shape index (κ2) is 6.42. The number of hydrogen-bond donors (Lipinski definition) is 1. The number of hydrogen-bond acceptors (Lipinski definition) is 2. The summed E-state index contributed by atoms with van der Waals surface area (Å²) < 4.78 is 2.00. The highest BCUT2D eigenvalue weighted by Gasteiger charge is 2.17. The monoisotopic (exact) mass is 291 g/mol. The molecule has 1 heterocycles. The summed E-state index contributed by atoms with van der Waals surface area (Å²) in [6.45, 7) is 10.6. The summed E-state index contributed by atoms with van der Waals surface area (Å²) in [7, 11) is 0. The molecule has 20 heavy (non-hydrogen) atoms. The van der Waals surface area contributed by atoms with Gasteiger partial charge in [0.25, 0.3) is 0 Å². The van der Waals surface area contributed by atoms with Crippen molar-refractivity contribution in [3.05, 3.63) is 46.2 Å². The van der Waals surface area contributed by atoms with Crippen LogP contribution in [0.1, 0.15) is 36.7 Å². The molecule has 3 nitrogen and oxygen atoms in total. The molecule has 1 unspecified atom stereocenters. The Kier molecular flexibility index (Phi) is 4.84. The van der Waals surface area contributed by atoms with Crippen LogP contribution in [0.15, 0.2) is 24.3 Å². The highest BCUT2D eigenvalue weighted by Crippen LogP contribution is 2.25. The third-order valence-electron chi connectivity index (χ3n) is 3.61. The minimum Gasteiger partial charge on any atom is -0.316 e. The van der Waals surface area contributed by atoms with Gasteiger partial charge in [-0.2, -0.15) is 5.10 Å². The lowest BCUT2D eigenvalue weighted by atomic mass is 9.99. The van der Waals surface area contributed by atoms with Crippen LogP contribution in [0.25, 0.3) is 5.69 Å². The molecular weight excluding hydrogens is 270 g/mol. The second-order valence-corrected chi connectivity index (χ2v) is 5.62. The third kappa shape index (κ3) is 3.05. The molecule has 1 aromatic carbocycles.